The molecule has 0 fully saturated rings. The maximum Gasteiger partial charge on any atom is 0.333 e. The number of hydrogen-bond acceptors (Lipinski definition) is 6. The van der Waals surface area contributed by atoms with Crippen LogP contribution in [0.25, 0.3) is 21.3 Å². The van der Waals surface area contributed by atoms with E-state index in [1.54, 1.807) is 24.3 Å². The second-order valence-electron chi connectivity index (χ2n) is 5.75. The van der Waals surface area contributed by atoms with Crippen molar-refractivity contribution < 1.29 is 9.90 Å². The molecule has 0 aliphatic rings. The maximum absolute atomic E-state index is 12.8. The van der Waals surface area contributed by atoms with Gasteiger partial charge in [0.2, 0.25) is 0 Å². The first-order valence-electron chi connectivity index (χ1n) is 7.79. The summed E-state index contributed by atoms with van der Waals surface area (Å²) in [5.74, 6) is -1.28. The van der Waals surface area contributed by atoms with Gasteiger partial charge in [0.05, 0.1) is 22.1 Å². The van der Waals surface area contributed by atoms with Crippen molar-refractivity contribution in [2.45, 2.75) is 13.1 Å². The van der Waals surface area contributed by atoms with Crippen molar-refractivity contribution in [1.82, 2.24) is 19.1 Å². The Morgan fingerprint density at radius 2 is 2.04 bits per heavy atom. The number of aliphatic carboxylic acids is 1. The molecule has 4 aromatic rings. The van der Waals surface area contributed by atoms with Gasteiger partial charge in [-0.05, 0) is 30.3 Å². The van der Waals surface area contributed by atoms with Crippen molar-refractivity contribution in [2.75, 3.05) is 0 Å². The van der Waals surface area contributed by atoms with Crippen molar-refractivity contribution in [1.29, 1.82) is 0 Å². The van der Waals surface area contributed by atoms with Crippen molar-refractivity contribution in [3.05, 3.63) is 67.4 Å². The largest absolute Gasteiger partial charge is 0.480 e. The van der Waals surface area contributed by atoms with Crippen molar-refractivity contribution in [2.24, 2.45) is 0 Å². The molecule has 136 valence electrons. The summed E-state index contributed by atoms with van der Waals surface area (Å²) in [6.45, 7) is -0.666. The highest BCUT2D eigenvalue weighted by atomic mass is 35.5. The summed E-state index contributed by atoms with van der Waals surface area (Å²) in [7, 11) is 0. The normalized spacial score (nSPS) is 11.3. The van der Waals surface area contributed by atoms with Gasteiger partial charge in [0.25, 0.3) is 5.56 Å². The minimum absolute atomic E-state index is 0.0587. The predicted octanol–water partition coefficient (Wildman–Crippen LogP) is 1.95. The topological polar surface area (TPSA) is 107 Å². The van der Waals surface area contributed by atoms with Crippen LogP contribution >= 0.6 is 22.9 Å². The van der Waals surface area contributed by atoms with Gasteiger partial charge in [-0.25, -0.2) is 19.3 Å². The Labute approximate surface area is 159 Å². The lowest BCUT2D eigenvalue weighted by Crippen LogP contribution is -2.42. The van der Waals surface area contributed by atoms with Crippen molar-refractivity contribution >= 4 is 50.2 Å². The zero-order valence-corrected chi connectivity index (χ0v) is 15.2. The average molecular weight is 403 g/mol. The van der Waals surface area contributed by atoms with Gasteiger partial charge in [-0.2, -0.15) is 0 Å². The van der Waals surface area contributed by atoms with Gasteiger partial charge in [0.1, 0.15) is 17.2 Å². The molecule has 3 heterocycles. The SMILES string of the molecule is O=C(O)Cn1c(=O)c2cccnc2n(Cc2nc3ccc(Cl)cc3s2)c1=O. The molecule has 0 saturated heterocycles. The number of carboxylic acid groups (broad SMARTS) is 1. The number of carboxylic acids is 1. The van der Waals surface area contributed by atoms with Crippen LogP contribution in [0.5, 0.6) is 0 Å². The summed E-state index contributed by atoms with van der Waals surface area (Å²) in [6, 6.07) is 8.36. The van der Waals surface area contributed by atoms with Crippen molar-refractivity contribution in [3.8, 4) is 0 Å². The molecule has 0 aliphatic heterocycles. The van der Waals surface area contributed by atoms with E-state index < -0.39 is 23.8 Å². The van der Waals surface area contributed by atoms with Crippen molar-refractivity contribution in [3.63, 3.8) is 0 Å². The minimum atomic E-state index is -1.28. The molecule has 0 saturated carbocycles. The molecule has 0 spiro atoms. The van der Waals surface area contributed by atoms with Crippen LogP contribution in [-0.2, 0) is 17.9 Å². The third-order valence-corrected chi connectivity index (χ3v) is 5.20. The first-order valence-corrected chi connectivity index (χ1v) is 8.98. The lowest BCUT2D eigenvalue weighted by Gasteiger charge is -2.11. The van der Waals surface area contributed by atoms with E-state index in [2.05, 4.69) is 9.97 Å². The molecule has 3 aromatic heterocycles. The standard InChI is InChI=1S/C17H11ClN4O4S/c18-9-3-4-11-12(6-9)27-13(20-11)7-21-15-10(2-1-5-19-15)16(25)22(17(21)26)8-14(23)24/h1-6H,7-8H2,(H,23,24). The number of pyridine rings is 1. The quantitative estimate of drug-likeness (QED) is 0.559. The Balaban J connectivity index is 1.92. The Hall–Kier alpha value is -3.04. The predicted molar refractivity (Wildman–Crippen MR) is 102 cm³/mol. The molecule has 4 rings (SSSR count). The van der Waals surface area contributed by atoms with Crippen LogP contribution in [0.3, 0.4) is 0 Å². The first-order chi connectivity index (χ1) is 12.9. The fourth-order valence-electron chi connectivity index (χ4n) is 2.81. The third-order valence-electron chi connectivity index (χ3n) is 3.96. The number of fused-ring (bicyclic) bond motifs is 2. The van der Waals surface area contributed by atoms with E-state index in [1.165, 1.54) is 28.2 Å². The summed E-state index contributed by atoms with van der Waals surface area (Å²) < 4.78 is 2.82. The second kappa shape index (κ2) is 6.60. The number of aromatic nitrogens is 4. The van der Waals surface area contributed by atoms with Crippen LogP contribution < -0.4 is 11.2 Å². The average Bonchev–Trinajstić information content (AvgIpc) is 3.03. The summed E-state index contributed by atoms with van der Waals surface area (Å²) in [4.78, 5) is 45.0. The molecule has 0 radical (unpaired) electrons. The van der Waals surface area contributed by atoms with Crippen LogP contribution in [0.4, 0.5) is 0 Å². The van der Waals surface area contributed by atoms with Gasteiger partial charge in [0, 0.05) is 11.2 Å². The Morgan fingerprint density at radius 1 is 1.22 bits per heavy atom. The molecule has 0 bridgehead atoms. The van der Waals surface area contributed by atoms with E-state index >= 15 is 0 Å². The third kappa shape index (κ3) is 3.11. The van der Waals surface area contributed by atoms with E-state index in [0.29, 0.717) is 14.6 Å². The Bertz CT molecular complexity index is 1320. The maximum atomic E-state index is 12.8. The van der Waals surface area contributed by atoms with E-state index in [1.807, 2.05) is 0 Å². The van der Waals surface area contributed by atoms with Gasteiger partial charge < -0.3 is 5.11 Å². The van der Waals surface area contributed by atoms with Crippen LogP contribution in [0.15, 0.2) is 46.1 Å². The fourth-order valence-corrected chi connectivity index (χ4v) is 4.05. The first kappa shape index (κ1) is 17.4. The molecule has 8 nitrogen and oxygen atoms in total. The zero-order valence-electron chi connectivity index (χ0n) is 13.6. The van der Waals surface area contributed by atoms with E-state index in [0.717, 1.165) is 10.2 Å². The molecular formula is C17H11ClN4O4S. The van der Waals surface area contributed by atoms with Gasteiger partial charge in [-0.1, -0.05) is 11.6 Å². The molecule has 27 heavy (non-hydrogen) atoms. The number of hydrogen-bond donors (Lipinski definition) is 1. The number of benzene rings is 1. The highest BCUT2D eigenvalue weighted by Crippen LogP contribution is 2.25. The smallest absolute Gasteiger partial charge is 0.333 e. The molecule has 0 aliphatic carbocycles. The highest BCUT2D eigenvalue weighted by molar-refractivity contribution is 7.18. The molecule has 0 atom stereocenters. The molecular weight excluding hydrogens is 392 g/mol. The fraction of sp³-hybridized carbons (Fsp3) is 0.118. The number of thiazole rings is 1. The number of nitrogens with zero attached hydrogens (tertiary/aromatic N) is 4. The molecule has 0 unspecified atom stereocenters. The zero-order chi connectivity index (χ0) is 19.1. The molecule has 10 heteroatoms. The van der Waals surface area contributed by atoms with Crippen LogP contribution in [0.2, 0.25) is 5.02 Å². The molecule has 1 aromatic carbocycles. The number of rotatable bonds is 4. The van der Waals surface area contributed by atoms with Gasteiger partial charge in [-0.15, -0.1) is 11.3 Å². The lowest BCUT2D eigenvalue weighted by atomic mass is 10.3. The summed E-state index contributed by atoms with van der Waals surface area (Å²) >= 11 is 7.36. The van der Waals surface area contributed by atoms with Gasteiger partial charge in [-0.3, -0.25) is 14.2 Å². The summed E-state index contributed by atoms with van der Waals surface area (Å²) in [5, 5.41) is 10.4. The monoisotopic (exact) mass is 402 g/mol. The van der Waals surface area contributed by atoms with Gasteiger partial charge >= 0.3 is 11.7 Å². The number of halogens is 1. The van der Waals surface area contributed by atoms with Gasteiger partial charge in [0.15, 0.2) is 0 Å². The van der Waals surface area contributed by atoms with E-state index in [4.69, 9.17) is 16.7 Å². The van der Waals surface area contributed by atoms with E-state index in [-0.39, 0.29) is 17.6 Å². The second-order valence-corrected chi connectivity index (χ2v) is 7.30. The number of carbonyl (C=O) groups is 1. The van der Waals surface area contributed by atoms with Crippen LogP contribution in [0.1, 0.15) is 5.01 Å². The van der Waals surface area contributed by atoms with E-state index in [9.17, 15) is 14.4 Å². The molecule has 0 amide bonds. The molecule has 1 N–H and O–H groups in total. The Kier molecular flexibility index (Phi) is 4.25. The van der Waals surface area contributed by atoms with Crippen LogP contribution in [-0.4, -0.2) is 30.2 Å². The minimum Gasteiger partial charge on any atom is -0.480 e. The highest BCUT2D eigenvalue weighted by Gasteiger charge is 2.17. The lowest BCUT2D eigenvalue weighted by molar-refractivity contribution is -0.137. The Morgan fingerprint density at radius 3 is 2.81 bits per heavy atom. The summed E-state index contributed by atoms with van der Waals surface area (Å²) in [6.07, 6.45) is 1.47. The summed E-state index contributed by atoms with van der Waals surface area (Å²) in [5.41, 5.74) is -0.501. The van der Waals surface area contributed by atoms with Crippen LogP contribution in [0, 0.1) is 0 Å².